The van der Waals surface area contributed by atoms with E-state index in [9.17, 15) is 8.42 Å². The minimum atomic E-state index is -3.74. The normalized spacial score (nSPS) is 17.3. The van der Waals surface area contributed by atoms with E-state index in [-0.39, 0.29) is 5.16 Å². The van der Waals surface area contributed by atoms with Gasteiger partial charge in [-0.1, -0.05) is 0 Å². The summed E-state index contributed by atoms with van der Waals surface area (Å²) in [6, 6.07) is 0. The van der Waals surface area contributed by atoms with Crippen LogP contribution in [-0.2, 0) is 16.6 Å². The molecule has 1 aliphatic carbocycles. The van der Waals surface area contributed by atoms with Crippen LogP contribution in [0.5, 0.6) is 0 Å². The number of aromatic nitrogens is 3. The molecule has 1 fully saturated rings. The van der Waals surface area contributed by atoms with Gasteiger partial charge in [-0.3, -0.25) is 0 Å². The summed E-state index contributed by atoms with van der Waals surface area (Å²) in [5.74, 6) is 1.12. The fourth-order valence-corrected chi connectivity index (χ4v) is 2.14. The molecule has 14 heavy (non-hydrogen) atoms. The van der Waals surface area contributed by atoms with E-state index in [2.05, 4.69) is 10.2 Å². The lowest BCUT2D eigenvalue weighted by molar-refractivity contribution is 0.564. The van der Waals surface area contributed by atoms with Crippen molar-refractivity contribution >= 4 is 10.0 Å². The predicted molar refractivity (Wildman–Crippen MR) is 49.0 cm³/mol. The van der Waals surface area contributed by atoms with Crippen molar-refractivity contribution < 1.29 is 8.42 Å². The summed E-state index contributed by atoms with van der Waals surface area (Å²) in [6.45, 7) is 2.38. The van der Waals surface area contributed by atoms with Gasteiger partial charge in [-0.25, -0.2) is 13.6 Å². The van der Waals surface area contributed by atoms with Gasteiger partial charge in [0.25, 0.3) is 15.2 Å². The van der Waals surface area contributed by atoms with Crippen LogP contribution in [0.15, 0.2) is 5.16 Å². The van der Waals surface area contributed by atoms with Gasteiger partial charge < -0.3 is 4.57 Å². The lowest BCUT2D eigenvalue weighted by Gasteiger charge is -2.04. The molecule has 6 nitrogen and oxygen atoms in total. The molecular weight excluding hydrogens is 204 g/mol. The van der Waals surface area contributed by atoms with Gasteiger partial charge in [-0.2, -0.15) is 0 Å². The third kappa shape index (κ3) is 1.53. The highest BCUT2D eigenvalue weighted by Crippen LogP contribution is 2.39. The summed E-state index contributed by atoms with van der Waals surface area (Å²) in [6.07, 6.45) is 2.12. The number of hydrogen-bond acceptors (Lipinski definition) is 4. The SMILES string of the molecule is CCn1c(C2CC2)nnc1S(N)(=O)=O. The molecule has 2 N–H and O–H groups in total. The van der Waals surface area contributed by atoms with Gasteiger partial charge >= 0.3 is 0 Å². The molecule has 1 heterocycles. The van der Waals surface area contributed by atoms with Gasteiger partial charge in [0, 0.05) is 12.5 Å². The third-order valence-corrected chi connectivity index (χ3v) is 3.07. The van der Waals surface area contributed by atoms with Crippen LogP contribution in [0, 0.1) is 0 Å². The number of nitrogens with two attached hydrogens (primary N) is 1. The van der Waals surface area contributed by atoms with E-state index >= 15 is 0 Å². The number of primary sulfonamides is 1. The first-order valence-corrected chi connectivity index (χ1v) is 6.04. The van der Waals surface area contributed by atoms with Crippen molar-refractivity contribution in [2.24, 2.45) is 5.14 Å². The van der Waals surface area contributed by atoms with Crippen LogP contribution in [0.2, 0.25) is 0 Å². The standard InChI is InChI=1S/C7H12N4O2S/c1-2-11-6(5-3-4-5)9-10-7(11)14(8,12)13/h5H,2-4H2,1H3,(H2,8,12,13). The quantitative estimate of drug-likeness (QED) is 0.759. The van der Waals surface area contributed by atoms with Gasteiger partial charge in [0.05, 0.1) is 0 Å². The first-order valence-electron chi connectivity index (χ1n) is 4.50. The molecule has 1 aromatic heterocycles. The molecule has 7 heteroatoms. The average molecular weight is 216 g/mol. The van der Waals surface area contributed by atoms with Crippen molar-refractivity contribution in [1.82, 2.24) is 14.8 Å². The first-order chi connectivity index (χ1) is 6.54. The second-order valence-corrected chi connectivity index (χ2v) is 4.86. The van der Waals surface area contributed by atoms with Gasteiger partial charge in [-0.15, -0.1) is 10.2 Å². The molecule has 1 aliphatic rings. The lowest BCUT2D eigenvalue weighted by atomic mass is 10.4. The van der Waals surface area contributed by atoms with E-state index in [1.807, 2.05) is 6.92 Å². The molecule has 1 aromatic rings. The van der Waals surface area contributed by atoms with Crippen molar-refractivity contribution in [2.45, 2.75) is 37.4 Å². The van der Waals surface area contributed by atoms with Crippen LogP contribution in [0.25, 0.3) is 0 Å². The largest absolute Gasteiger partial charge is 0.301 e. The zero-order chi connectivity index (χ0) is 10.3. The first kappa shape index (κ1) is 9.60. The molecule has 0 aliphatic heterocycles. The Kier molecular flexibility index (Phi) is 2.07. The van der Waals surface area contributed by atoms with Crippen LogP contribution in [0.1, 0.15) is 31.5 Å². The Morgan fingerprint density at radius 3 is 2.57 bits per heavy atom. The Hall–Kier alpha value is -0.950. The topological polar surface area (TPSA) is 90.9 Å². The Morgan fingerprint density at radius 2 is 2.14 bits per heavy atom. The van der Waals surface area contributed by atoms with Crippen molar-refractivity contribution in [2.75, 3.05) is 0 Å². The molecule has 2 rings (SSSR count). The molecule has 0 aromatic carbocycles. The zero-order valence-corrected chi connectivity index (χ0v) is 8.66. The Labute approximate surface area is 82.2 Å². The summed E-state index contributed by atoms with van der Waals surface area (Å²) in [4.78, 5) is 0. The predicted octanol–water partition coefficient (Wildman–Crippen LogP) is -0.177. The van der Waals surface area contributed by atoms with Crippen LogP contribution >= 0.6 is 0 Å². The number of hydrogen-bond donors (Lipinski definition) is 1. The third-order valence-electron chi connectivity index (χ3n) is 2.26. The monoisotopic (exact) mass is 216 g/mol. The molecule has 78 valence electrons. The summed E-state index contributed by atoms with van der Waals surface area (Å²) in [5, 5.41) is 12.4. The minimum Gasteiger partial charge on any atom is -0.301 e. The maximum atomic E-state index is 11.1. The molecular formula is C7H12N4O2S. The summed E-state index contributed by atoms with van der Waals surface area (Å²) in [5.41, 5.74) is 0. The Morgan fingerprint density at radius 1 is 1.50 bits per heavy atom. The smallest absolute Gasteiger partial charge is 0.273 e. The summed E-state index contributed by atoms with van der Waals surface area (Å²) >= 11 is 0. The zero-order valence-electron chi connectivity index (χ0n) is 7.84. The molecule has 0 atom stereocenters. The van der Waals surface area contributed by atoms with Crippen molar-refractivity contribution in [3.05, 3.63) is 5.82 Å². The maximum absolute atomic E-state index is 11.1. The molecule has 0 amide bonds. The van der Waals surface area contributed by atoms with Gasteiger partial charge in [0.2, 0.25) is 0 Å². The Balaban J connectivity index is 2.51. The highest BCUT2D eigenvalue weighted by atomic mass is 32.2. The van der Waals surface area contributed by atoms with E-state index in [0.717, 1.165) is 18.7 Å². The van der Waals surface area contributed by atoms with Crippen molar-refractivity contribution in [3.63, 3.8) is 0 Å². The number of sulfonamides is 1. The highest BCUT2D eigenvalue weighted by molar-refractivity contribution is 7.89. The van der Waals surface area contributed by atoms with E-state index in [1.165, 1.54) is 0 Å². The molecule has 0 saturated heterocycles. The van der Waals surface area contributed by atoms with Crippen LogP contribution in [-0.4, -0.2) is 23.2 Å². The number of nitrogens with zero attached hydrogens (tertiary/aromatic N) is 3. The molecule has 1 saturated carbocycles. The number of rotatable bonds is 3. The van der Waals surface area contributed by atoms with E-state index in [4.69, 9.17) is 5.14 Å². The van der Waals surface area contributed by atoms with Crippen molar-refractivity contribution in [1.29, 1.82) is 0 Å². The van der Waals surface area contributed by atoms with E-state index < -0.39 is 10.0 Å². The van der Waals surface area contributed by atoms with Crippen LogP contribution in [0.3, 0.4) is 0 Å². The van der Waals surface area contributed by atoms with Crippen LogP contribution < -0.4 is 5.14 Å². The van der Waals surface area contributed by atoms with Gasteiger partial charge in [-0.05, 0) is 19.8 Å². The molecule has 0 bridgehead atoms. The Bertz CT molecular complexity index is 446. The fraction of sp³-hybridized carbons (Fsp3) is 0.714. The van der Waals surface area contributed by atoms with E-state index in [0.29, 0.717) is 12.5 Å². The average Bonchev–Trinajstić information content (AvgIpc) is 2.82. The molecule has 0 spiro atoms. The molecule has 0 radical (unpaired) electrons. The van der Waals surface area contributed by atoms with Crippen molar-refractivity contribution in [3.8, 4) is 0 Å². The lowest BCUT2D eigenvalue weighted by Crippen LogP contribution is -2.18. The maximum Gasteiger partial charge on any atom is 0.273 e. The van der Waals surface area contributed by atoms with Gasteiger partial charge in [0.1, 0.15) is 5.82 Å². The summed E-state index contributed by atoms with van der Waals surface area (Å²) in [7, 11) is -3.74. The van der Waals surface area contributed by atoms with E-state index in [1.54, 1.807) is 4.57 Å². The minimum absolute atomic E-state index is 0.123. The fourth-order valence-electron chi connectivity index (χ4n) is 1.45. The molecule has 0 unspecified atom stereocenters. The second-order valence-electron chi connectivity index (χ2n) is 3.40. The summed E-state index contributed by atoms with van der Waals surface area (Å²) < 4.78 is 23.8. The second kappa shape index (κ2) is 3.03. The van der Waals surface area contributed by atoms with Gasteiger partial charge in [0.15, 0.2) is 0 Å². The highest BCUT2D eigenvalue weighted by Gasteiger charge is 2.31. The van der Waals surface area contributed by atoms with Crippen LogP contribution in [0.4, 0.5) is 0 Å².